The summed E-state index contributed by atoms with van der Waals surface area (Å²) in [6.07, 6.45) is 0. The van der Waals surface area contributed by atoms with Gasteiger partial charge in [-0.3, -0.25) is 4.79 Å². The van der Waals surface area contributed by atoms with Crippen LogP contribution in [0.3, 0.4) is 0 Å². The summed E-state index contributed by atoms with van der Waals surface area (Å²) in [6, 6.07) is 1.63. The predicted molar refractivity (Wildman–Crippen MR) is 64.1 cm³/mol. The molecule has 0 atom stereocenters. The number of rotatable bonds is 4. The van der Waals surface area contributed by atoms with Gasteiger partial charge in [-0.15, -0.1) is 0 Å². The Kier molecular flexibility index (Phi) is 4.99. The van der Waals surface area contributed by atoms with Crippen molar-refractivity contribution in [2.45, 2.75) is 13.8 Å². The average molecular weight is 263 g/mol. The molecule has 4 nitrogen and oxygen atoms in total. The Hall–Kier alpha value is -0.840. The zero-order chi connectivity index (χ0) is 12.1. The number of aromatic nitrogens is 1. The van der Waals surface area contributed by atoms with Crippen LogP contribution in [-0.4, -0.2) is 24.1 Å². The number of pyridine rings is 1. The molecule has 0 saturated carbocycles. The molecule has 1 rings (SSSR count). The third-order valence-corrected chi connectivity index (χ3v) is 2.31. The van der Waals surface area contributed by atoms with E-state index in [2.05, 4.69) is 10.3 Å². The maximum atomic E-state index is 11.4. The van der Waals surface area contributed by atoms with E-state index in [9.17, 15) is 4.79 Å². The summed E-state index contributed by atoms with van der Waals surface area (Å²) >= 11 is 11.6. The average Bonchev–Trinajstić information content (AvgIpc) is 2.20. The highest BCUT2D eigenvalue weighted by molar-refractivity contribution is 6.34. The van der Waals surface area contributed by atoms with Crippen molar-refractivity contribution >= 4 is 34.8 Å². The number of nitrogens with one attached hydrogen (secondary N) is 1. The maximum Gasteiger partial charge on any atom is 0.250 e. The third-order valence-electron chi connectivity index (χ3n) is 1.84. The van der Waals surface area contributed by atoms with Crippen molar-refractivity contribution in [3.63, 3.8) is 0 Å². The Morgan fingerprint density at radius 2 is 2.25 bits per heavy atom. The SMILES string of the molecule is CCOCC(=O)Nc1c(C)cc(Cl)nc1Cl. The first kappa shape index (κ1) is 13.2. The number of hydrogen-bond acceptors (Lipinski definition) is 3. The summed E-state index contributed by atoms with van der Waals surface area (Å²) < 4.78 is 4.97. The van der Waals surface area contributed by atoms with Gasteiger partial charge in [0.25, 0.3) is 0 Å². The highest BCUT2D eigenvalue weighted by Crippen LogP contribution is 2.26. The molecule has 1 heterocycles. The first-order valence-corrected chi connectivity index (χ1v) is 5.50. The summed E-state index contributed by atoms with van der Waals surface area (Å²) in [5.74, 6) is -0.268. The molecule has 1 aromatic heterocycles. The van der Waals surface area contributed by atoms with E-state index in [1.54, 1.807) is 13.0 Å². The van der Waals surface area contributed by atoms with E-state index in [-0.39, 0.29) is 17.7 Å². The molecule has 0 aliphatic heterocycles. The van der Waals surface area contributed by atoms with E-state index < -0.39 is 0 Å². The van der Waals surface area contributed by atoms with Crippen molar-refractivity contribution in [1.82, 2.24) is 4.98 Å². The molecule has 0 aliphatic carbocycles. The van der Waals surface area contributed by atoms with Crippen molar-refractivity contribution in [1.29, 1.82) is 0 Å². The second kappa shape index (κ2) is 6.03. The highest BCUT2D eigenvalue weighted by Gasteiger charge is 2.10. The van der Waals surface area contributed by atoms with Crippen molar-refractivity contribution in [2.24, 2.45) is 0 Å². The zero-order valence-corrected chi connectivity index (χ0v) is 10.5. The highest BCUT2D eigenvalue weighted by atomic mass is 35.5. The number of halogens is 2. The molecule has 0 spiro atoms. The molecule has 6 heteroatoms. The van der Waals surface area contributed by atoms with Crippen LogP contribution in [0.4, 0.5) is 5.69 Å². The van der Waals surface area contributed by atoms with Crippen LogP contribution >= 0.6 is 23.2 Å². The number of aryl methyl sites for hydroxylation is 1. The smallest absolute Gasteiger partial charge is 0.250 e. The van der Waals surface area contributed by atoms with E-state index in [0.29, 0.717) is 17.4 Å². The minimum atomic E-state index is -0.268. The number of amides is 1. The van der Waals surface area contributed by atoms with Crippen LogP contribution in [0.2, 0.25) is 10.3 Å². The number of hydrogen-bond donors (Lipinski definition) is 1. The lowest BCUT2D eigenvalue weighted by Crippen LogP contribution is -2.19. The molecule has 0 aliphatic rings. The summed E-state index contributed by atoms with van der Waals surface area (Å²) in [4.78, 5) is 15.2. The Morgan fingerprint density at radius 3 is 2.81 bits per heavy atom. The van der Waals surface area contributed by atoms with Crippen molar-refractivity contribution in [3.05, 3.63) is 21.9 Å². The van der Waals surface area contributed by atoms with Gasteiger partial charge in [-0.05, 0) is 25.5 Å². The predicted octanol–water partition coefficient (Wildman–Crippen LogP) is 2.67. The van der Waals surface area contributed by atoms with Crippen LogP contribution in [0.15, 0.2) is 6.07 Å². The van der Waals surface area contributed by atoms with Crippen LogP contribution in [0, 0.1) is 6.92 Å². The van der Waals surface area contributed by atoms with Gasteiger partial charge in [-0.1, -0.05) is 23.2 Å². The van der Waals surface area contributed by atoms with Crippen molar-refractivity contribution in [3.8, 4) is 0 Å². The van der Waals surface area contributed by atoms with Gasteiger partial charge in [-0.2, -0.15) is 0 Å². The Morgan fingerprint density at radius 1 is 1.56 bits per heavy atom. The number of ether oxygens (including phenoxy) is 1. The summed E-state index contributed by atoms with van der Waals surface area (Å²) in [5.41, 5.74) is 1.23. The Balaban J connectivity index is 2.77. The van der Waals surface area contributed by atoms with Gasteiger partial charge in [0, 0.05) is 6.61 Å². The largest absolute Gasteiger partial charge is 0.372 e. The lowest BCUT2D eigenvalue weighted by molar-refractivity contribution is -0.120. The lowest BCUT2D eigenvalue weighted by Gasteiger charge is -2.09. The fourth-order valence-corrected chi connectivity index (χ4v) is 1.69. The summed E-state index contributed by atoms with van der Waals surface area (Å²) in [6.45, 7) is 4.08. The van der Waals surface area contributed by atoms with Crippen LogP contribution < -0.4 is 5.32 Å². The summed E-state index contributed by atoms with van der Waals surface area (Å²) in [7, 11) is 0. The fourth-order valence-electron chi connectivity index (χ4n) is 1.12. The second-order valence-corrected chi connectivity index (χ2v) is 3.86. The standard InChI is InChI=1S/C10H12Cl2N2O2/c1-3-16-5-8(15)14-9-6(2)4-7(11)13-10(9)12/h4H,3,5H2,1-2H3,(H,14,15). The molecule has 0 fully saturated rings. The van der Waals surface area contributed by atoms with E-state index >= 15 is 0 Å². The number of nitrogens with zero attached hydrogens (tertiary/aromatic N) is 1. The fraction of sp³-hybridized carbons (Fsp3) is 0.400. The number of carbonyl (C=O) groups is 1. The van der Waals surface area contributed by atoms with Crippen LogP contribution in [0.1, 0.15) is 12.5 Å². The molecule has 0 radical (unpaired) electrons. The maximum absolute atomic E-state index is 11.4. The third kappa shape index (κ3) is 3.63. The van der Waals surface area contributed by atoms with Gasteiger partial charge in [0.1, 0.15) is 11.8 Å². The number of anilines is 1. The molecule has 1 aromatic rings. The molecule has 0 unspecified atom stereocenters. The quantitative estimate of drug-likeness (QED) is 0.849. The van der Waals surface area contributed by atoms with Crippen LogP contribution in [0.25, 0.3) is 0 Å². The second-order valence-electron chi connectivity index (χ2n) is 3.11. The molecule has 16 heavy (non-hydrogen) atoms. The van der Waals surface area contributed by atoms with E-state index in [1.807, 2.05) is 6.92 Å². The summed E-state index contributed by atoms with van der Waals surface area (Å²) in [5, 5.41) is 3.10. The van der Waals surface area contributed by atoms with E-state index in [1.165, 1.54) is 0 Å². The molecule has 0 aromatic carbocycles. The first-order valence-electron chi connectivity index (χ1n) is 4.74. The van der Waals surface area contributed by atoms with Gasteiger partial charge in [0.2, 0.25) is 5.91 Å². The molecular formula is C10H12Cl2N2O2. The van der Waals surface area contributed by atoms with Crippen LogP contribution in [0.5, 0.6) is 0 Å². The normalized spacial score (nSPS) is 10.2. The topological polar surface area (TPSA) is 51.2 Å². The Bertz CT molecular complexity index is 373. The van der Waals surface area contributed by atoms with Crippen molar-refractivity contribution in [2.75, 3.05) is 18.5 Å². The molecule has 1 N–H and O–H groups in total. The van der Waals surface area contributed by atoms with Crippen LogP contribution in [-0.2, 0) is 9.53 Å². The minimum Gasteiger partial charge on any atom is -0.372 e. The molecular weight excluding hydrogens is 251 g/mol. The van der Waals surface area contributed by atoms with Crippen molar-refractivity contribution < 1.29 is 9.53 Å². The van der Waals surface area contributed by atoms with E-state index in [0.717, 1.165) is 5.56 Å². The first-order chi connectivity index (χ1) is 7.54. The lowest BCUT2D eigenvalue weighted by atomic mass is 10.2. The monoisotopic (exact) mass is 262 g/mol. The van der Waals surface area contributed by atoms with Gasteiger partial charge < -0.3 is 10.1 Å². The molecule has 0 bridgehead atoms. The van der Waals surface area contributed by atoms with Gasteiger partial charge in [0.15, 0.2) is 5.15 Å². The number of carbonyl (C=O) groups excluding carboxylic acids is 1. The molecule has 0 saturated heterocycles. The van der Waals surface area contributed by atoms with E-state index in [4.69, 9.17) is 27.9 Å². The molecule has 1 amide bonds. The minimum absolute atomic E-state index is 0.00506. The zero-order valence-electron chi connectivity index (χ0n) is 9.01. The van der Waals surface area contributed by atoms with Gasteiger partial charge in [0.05, 0.1) is 5.69 Å². The van der Waals surface area contributed by atoms with Gasteiger partial charge >= 0.3 is 0 Å². The molecule has 88 valence electrons. The Labute approximate surface area is 104 Å². The van der Waals surface area contributed by atoms with Gasteiger partial charge in [-0.25, -0.2) is 4.98 Å².